The molecule has 0 aliphatic carbocycles. The number of halogens is 1. The molecule has 2 aromatic carbocycles. The van der Waals surface area contributed by atoms with Gasteiger partial charge in [-0.05, 0) is 61.7 Å². The first-order chi connectivity index (χ1) is 23.1. The number of amides is 2. The van der Waals surface area contributed by atoms with Gasteiger partial charge in [0.25, 0.3) is 0 Å². The maximum atomic E-state index is 12.8. The van der Waals surface area contributed by atoms with Crippen molar-refractivity contribution in [3.63, 3.8) is 0 Å². The van der Waals surface area contributed by atoms with Crippen LogP contribution in [0.1, 0.15) is 30.0 Å². The molecule has 2 aliphatic heterocycles. The zero-order chi connectivity index (χ0) is 33.8. The number of piperidine rings is 1. The highest BCUT2D eigenvalue weighted by molar-refractivity contribution is 7.70. The fourth-order valence-electron chi connectivity index (χ4n) is 5.97. The van der Waals surface area contributed by atoms with Crippen LogP contribution < -0.4 is 30.9 Å². The summed E-state index contributed by atoms with van der Waals surface area (Å²) >= 11 is 6.44. The van der Waals surface area contributed by atoms with Gasteiger partial charge < -0.3 is 24.8 Å². The summed E-state index contributed by atoms with van der Waals surface area (Å²) in [6.45, 7) is 7.59. The van der Waals surface area contributed by atoms with Crippen LogP contribution in [0.3, 0.4) is 0 Å². The van der Waals surface area contributed by atoms with Gasteiger partial charge in [-0.25, -0.2) is 4.98 Å². The summed E-state index contributed by atoms with van der Waals surface area (Å²) in [6, 6.07) is 17.4. The van der Waals surface area contributed by atoms with Gasteiger partial charge in [0.1, 0.15) is 17.9 Å². The van der Waals surface area contributed by atoms with E-state index < -0.39 is 13.1 Å². The van der Waals surface area contributed by atoms with Gasteiger partial charge >= 0.3 is 0 Å². The normalized spacial score (nSPS) is 17.2. The number of methoxy groups -OCH3 is 1. The van der Waals surface area contributed by atoms with Crippen LogP contribution in [-0.4, -0.2) is 78.3 Å². The van der Waals surface area contributed by atoms with Gasteiger partial charge in [-0.2, -0.15) is 4.98 Å². The molecule has 0 spiro atoms. The molecule has 2 aromatic heterocycles. The number of hydrogen-bond donors (Lipinski definition) is 3. The summed E-state index contributed by atoms with van der Waals surface area (Å²) in [6.07, 6.45) is 4.08. The Morgan fingerprint density at radius 3 is 2.54 bits per heavy atom. The van der Waals surface area contributed by atoms with Crippen LogP contribution in [0, 0.1) is 0 Å². The van der Waals surface area contributed by atoms with E-state index in [9.17, 15) is 14.2 Å². The Balaban J connectivity index is 1.09. The van der Waals surface area contributed by atoms with E-state index in [1.165, 1.54) is 6.20 Å². The standard InChI is InChI=1S/C34H38ClN8O4P/c1-47-29-19-23(43-16-14-42(15-17-43)21-22-12-13-36-28(18-22)24-9-11-31(44)40-33(24)45)8-10-26(29)39-34-37-20-25(35)32(41-34)38-27-6-4-5-7-30(27)48(2,3)46/h4-8,10,12-13,18-20,24H,9,11,14-17,21H2,1-3H3,(H,40,44,45)(H2,37,38,39,41). The van der Waals surface area contributed by atoms with Gasteiger partial charge in [0.05, 0.1) is 36.3 Å². The number of hydrogen-bond acceptors (Lipinski definition) is 11. The molecular weight excluding hydrogens is 651 g/mol. The van der Waals surface area contributed by atoms with Crippen molar-refractivity contribution >= 4 is 64.7 Å². The first kappa shape index (κ1) is 33.4. The number of ether oxygens (including phenoxy) is 1. The van der Waals surface area contributed by atoms with Gasteiger partial charge in [-0.3, -0.25) is 24.8 Å². The van der Waals surface area contributed by atoms with Crippen LogP contribution in [0.2, 0.25) is 5.02 Å². The number of carbonyl (C=O) groups is 2. The van der Waals surface area contributed by atoms with Crippen LogP contribution in [0.4, 0.5) is 28.8 Å². The zero-order valence-corrected chi connectivity index (χ0v) is 28.7. The van der Waals surface area contributed by atoms with Crippen LogP contribution in [0.15, 0.2) is 67.0 Å². The van der Waals surface area contributed by atoms with Crippen molar-refractivity contribution in [1.29, 1.82) is 0 Å². The van der Waals surface area contributed by atoms with Crippen molar-refractivity contribution in [3.05, 3.63) is 83.3 Å². The molecule has 14 heteroatoms. The molecule has 0 bridgehead atoms. The molecule has 1 unspecified atom stereocenters. The van der Waals surface area contributed by atoms with E-state index in [2.05, 4.69) is 40.7 Å². The Kier molecular flexibility index (Phi) is 9.96. The van der Waals surface area contributed by atoms with E-state index in [4.69, 9.17) is 16.3 Å². The number of anilines is 5. The predicted octanol–water partition coefficient (Wildman–Crippen LogP) is 5.11. The van der Waals surface area contributed by atoms with Crippen molar-refractivity contribution in [3.8, 4) is 5.75 Å². The van der Waals surface area contributed by atoms with Crippen LogP contribution >= 0.6 is 18.7 Å². The molecule has 4 heterocycles. The van der Waals surface area contributed by atoms with Crippen LogP contribution in [0.25, 0.3) is 0 Å². The van der Waals surface area contributed by atoms with E-state index in [-0.39, 0.29) is 11.8 Å². The van der Waals surface area contributed by atoms with Gasteiger partial charge in [0, 0.05) is 62.4 Å². The average molecular weight is 689 g/mol. The van der Waals surface area contributed by atoms with Crippen molar-refractivity contribution in [2.24, 2.45) is 0 Å². The Morgan fingerprint density at radius 1 is 1.00 bits per heavy atom. The summed E-state index contributed by atoms with van der Waals surface area (Å²) in [5.74, 6) is 0.473. The van der Waals surface area contributed by atoms with E-state index in [0.29, 0.717) is 57.8 Å². The molecule has 6 rings (SSSR count). The Labute approximate surface area is 284 Å². The van der Waals surface area contributed by atoms with Crippen molar-refractivity contribution in [1.82, 2.24) is 25.2 Å². The van der Waals surface area contributed by atoms with E-state index in [1.54, 1.807) is 26.6 Å². The van der Waals surface area contributed by atoms with Crippen LogP contribution in [0.5, 0.6) is 5.75 Å². The Hall–Kier alpha value is -4.51. The fourth-order valence-corrected chi connectivity index (χ4v) is 7.27. The van der Waals surface area contributed by atoms with Gasteiger partial charge in [-0.15, -0.1) is 0 Å². The van der Waals surface area contributed by atoms with E-state index in [0.717, 1.165) is 44.0 Å². The second-order valence-electron chi connectivity index (χ2n) is 12.2. The largest absolute Gasteiger partial charge is 0.494 e. The zero-order valence-electron chi connectivity index (χ0n) is 27.1. The van der Waals surface area contributed by atoms with Crippen molar-refractivity contribution in [2.45, 2.75) is 25.3 Å². The summed E-state index contributed by atoms with van der Waals surface area (Å²) in [7, 11) is -0.917. The van der Waals surface area contributed by atoms with Crippen molar-refractivity contribution < 1.29 is 18.9 Å². The van der Waals surface area contributed by atoms with Gasteiger partial charge in [0.15, 0.2) is 5.82 Å². The van der Waals surface area contributed by atoms with Crippen LogP contribution in [-0.2, 0) is 20.7 Å². The molecular formula is C34H38ClN8O4P. The Bertz CT molecular complexity index is 1880. The summed E-state index contributed by atoms with van der Waals surface area (Å²) < 4.78 is 18.6. The first-order valence-corrected chi connectivity index (χ1v) is 18.7. The lowest BCUT2D eigenvalue weighted by Crippen LogP contribution is -2.46. The number of carbonyl (C=O) groups excluding carboxylic acids is 2. The highest BCUT2D eigenvalue weighted by Crippen LogP contribution is 2.39. The summed E-state index contributed by atoms with van der Waals surface area (Å²) in [5.41, 5.74) is 4.23. The molecule has 12 nitrogen and oxygen atoms in total. The molecule has 2 fully saturated rings. The lowest BCUT2D eigenvalue weighted by atomic mass is 9.93. The third-order valence-corrected chi connectivity index (χ3v) is 10.3. The maximum Gasteiger partial charge on any atom is 0.235 e. The van der Waals surface area contributed by atoms with E-state index in [1.807, 2.05) is 54.6 Å². The van der Waals surface area contributed by atoms with Crippen molar-refractivity contribution in [2.75, 3.05) is 62.2 Å². The fraction of sp³-hybridized carbons (Fsp3) is 0.324. The second-order valence-corrected chi connectivity index (χ2v) is 15.8. The molecule has 4 aromatic rings. The topological polar surface area (TPSA) is 142 Å². The van der Waals surface area contributed by atoms with Gasteiger partial charge in [0.2, 0.25) is 17.8 Å². The molecule has 250 valence electrons. The lowest BCUT2D eigenvalue weighted by molar-refractivity contribution is -0.134. The molecule has 1 atom stereocenters. The molecule has 2 amide bonds. The number of nitrogens with one attached hydrogen (secondary N) is 3. The highest BCUT2D eigenvalue weighted by atomic mass is 35.5. The van der Waals surface area contributed by atoms with Gasteiger partial charge in [-0.1, -0.05) is 23.7 Å². The number of pyridine rings is 1. The number of rotatable bonds is 10. The van der Waals surface area contributed by atoms with E-state index >= 15 is 0 Å². The molecule has 2 saturated heterocycles. The average Bonchev–Trinajstić information content (AvgIpc) is 3.07. The first-order valence-electron chi connectivity index (χ1n) is 15.7. The Morgan fingerprint density at radius 2 is 1.79 bits per heavy atom. The number of aromatic nitrogens is 3. The smallest absolute Gasteiger partial charge is 0.235 e. The third kappa shape index (κ3) is 7.78. The number of nitrogens with zero attached hydrogens (tertiary/aromatic N) is 5. The summed E-state index contributed by atoms with van der Waals surface area (Å²) in [5, 5.41) is 9.94. The number of benzene rings is 2. The molecule has 2 aliphatic rings. The third-order valence-electron chi connectivity index (χ3n) is 8.50. The number of para-hydroxylation sites is 1. The minimum absolute atomic E-state index is 0.225. The summed E-state index contributed by atoms with van der Waals surface area (Å²) in [4.78, 5) is 42.0. The minimum Gasteiger partial charge on any atom is -0.494 e. The molecule has 0 saturated carbocycles. The predicted molar refractivity (Wildman–Crippen MR) is 189 cm³/mol. The SMILES string of the molecule is COc1cc(N2CCN(Cc3ccnc(C4CCC(=O)NC4=O)c3)CC2)ccc1Nc1ncc(Cl)c(Nc2ccccc2P(C)(C)=O)n1. The number of piperazine rings is 1. The lowest BCUT2D eigenvalue weighted by Gasteiger charge is -2.36. The quantitative estimate of drug-likeness (QED) is 0.151. The molecule has 3 N–H and O–H groups in total. The minimum atomic E-state index is -2.54. The second kappa shape index (κ2) is 14.3. The molecule has 0 radical (unpaired) electrons. The number of imide groups is 1. The molecule has 48 heavy (non-hydrogen) atoms. The monoisotopic (exact) mass is 688 g/mol. The maximum absolute atomic E-state index is 12.8. The highest BCUT2D eigenvalue weighted by Gasteiger charge is 2.29.